The summed E-state index contributed by atoms with van der Waals surface area (Å²) in [6.07, 6.45) is -1.18. The van der Waals surface area contributed by atoms with Gasteiger partial charge < -0.3 is 14.7 Å². The Morgan fingerprint density at radius 2 is 2.06 bits per heavy atom. The molecule has 2 aliphatic rings. The number of alkyl halides is 2. The van der Waals surface area contributed by atoms with Gasteiger partial charge in [0.05, 0.1) is 16.0 Å². The minimum Gasteiger partial charge on any atom is -0.366 e. The SMILES string of the molecule is C[C@@H]1CN(c2cc(S(=O)(=O)NC3(C)CC3)cc3c(-c4ccc(C(F)F)nn4)noc23)CCN1. The van der Waals surface area contributed by atoms with E-state index in [1.807, 2.05) is 13.8 Å². The van der Waals surface area contributed by atoms with Crippen LogP contribution in [-0.2, 0) is 10.0 Å². The molecule has 2 aromatic heterocycles. The molecule has 1 aromatic carbocycles. The Morgan fingerprint density at radius 3 is 2.70 bits per heavy atom. The lowest BCUT2D eigenvalue weighted by Crippen LogP contribution is -2.49. The summed E-state index contributed by atoms with van der Waals surface area (Å²) < 4.78 is 60.6. The Labute approximate surface area is 189 Å². The minimum atomic E-state index is -3.81. The fourth-order valence-corrected chi connectivity index (χ4v) is 5.49. The van der Waals surface area contributed by atoms with Crippen LogP contribution >= 0.6 is 0 Å². The number of benzene rings is 1. The maximum Gasteiger partial charge on any atom is 0.282 e. The third-order valence-electron chi connectivity index (χ3n) is 6.08. The van der Waals surface area contributed by atoms with Crippen molar-refractivity contribution in [2.75, 3.05) is 24.5 Å². The number of nitrogens with one attached hydrogen (secondary N) is 2. The third kappa shape index (κ3) is 4.30. The first kappa shape index (κ1) is 22.1. The van der Waals surface area contributed by atoms with Gasteiger partial charge in [0.25, 0.3) is 6.43 Å². The second-order valence-electron chi connectivity index (χ2n) is 8.96. The number of nitrogens with zero attached hydrogens (tertiary/aromatic N) is 4. The molecule has 1 atom stereocenters. The van der Waals surface area contributed by atoms with E-state index in [0.29, 0.717) is 29.7 Å². The molecule has 0 radical (unpaired) electrons. The number of halogens is 2. The number of rotatable bonds is 6. The van der Waals surface area contributed by atoms with E-state index >= 15 is 0 Å². The van der Waals surface area contributed by atoms with Gasteiger partial charge in [0.1, 0.15) is 17.1 Å². The van der Waals surface area contributed by atoms with Crippen molar-refractivity contribution in [3.8, 4) is 11.4 Å². The maximum absolute atomic E-state index is 13.2. The molecular formula is C21H24F2N6O3S. The summed E-state index contributed by atoms with van der Waals surface area (Å²) in [6, 6.07) is 5.85. The molecule has 5 rings (SSSR count). The second kappa shape index (κ2) is 7.96. The molecule has 1 saturated carbocycles. The molecule has 9 nitrogen and oxygen atoms in total. The first-order valence-electron chi connectivity index (χ1n) is 10.7. The lowest BCUT2D eigenvalue weighted by Gasteiger charge is -2.33. The second-order valence-corrected chi connectivity index (χ2v) is 10.6. The molecule has 12 heteroatoms. The van der Waals surface area contributed by atoms with Crippen LogP contribution in [0.25, 0.3) is 22.4 Å². The number of fused-ring (bicyclic) bond motifs is 1. The Balaban J connectivity index is 1.65. The lowest BCUT2D eigenvalue weighted by molar-refractivity contribution is 0.145. The van der Waals surface area contributed by atoms with Crippen LogP contribution in [0.2, 0.25) is 0 Å². The molecule has 1 saturated heterocycles. The van der Waals surface area contributed by atoms with E-state index in [-0.39, 0.29) is 22.3 Å². The van der Waals surface area contributed by atoms with Gasteiger partial charge in [-0.05, 0) is 51.0 Å². The van der Waals surface area contributed by atoms with E-state index in [1.54, 1.807) is 6.07 Å². The zero-order chi connectivity index (χ0) is 23.4. The highest BCUT2D eigenvalue weighted by molar-refractivity contribution is 7.89. The van der Waals surface area contributed by atoms with Gasteiger partial charge in [-0.15, -0.1) is 10.2 Å². The molecule has 1 aliphatic carbocycles. The van der Waals surface area contributed by atoms with Crippen molar-refractivity contribution < 1.29 is 21.7 Å². The molecule has 2 fully saturated rings. The fraction of sp³-hybridized carbons (Fsp3) is 0.476. The molecule has 176 valence electrons. The van der Waals surface area contributed by atoms with Gasteiger partial charge in [-0.1, -0.05) is 5.16 Å². The summed E-state index contributed by atoms with van der Waals surface area (Å²) in [6.45, 7) is 5.96. The van der Waals surface area contributed by atoms with E-state index in [9.17, 15) is 17.2 Å². The first-order valence-corrected chi connectivity index (χ1v) is 12.2. The highest BCUT2D eigenvalue weighted by Gasteiger charge is 2.41. The van der Waals surface area contributed by atoms with Crippen molar-refractivity contribution in [2.45, 2.75) is 49.6 Å². The van der Waals surface area contributed by atoms with Crippen molar-refractivity contribution in [3.63, 3.8) is 0 Å². The third-order valence-corrected chi connectivity index (χ3v) is 7.70. The van der Waals surface area contributed by atoms with Crippen LogP contribution in [0.15, 0.2) is 33.7 Å². The van der Waals surface area contributed by atoms with E-state index < -0.39 is 27.7 Å². The highest BCUT2D eigenvalue weighted by Crippen LogP contribution is 2.39. The van der Waals surface area contributed by atoms with Crippen LogP contribution < -0.4 is 14.9 Å². The van der Waals surface area contributed by atoms with E-state index in [1.165, 1.54) is 18.2 Å². The molecule has 2 N–H and O–H groups in total. The molecule has 0 spiro atoms. The summed E-state index contributed by atoms with van der Waals surface area (Å²) in [4.78, 5) is 2.15. The smallest absolute Gasteiger partial charge is 0.282 e. The average molecular weight is 479 g/mol. The monoisotopic (exact) mass is 478 g/mol. The van der Waals surface area contributed by atoms with E-state index in [4.69, 9.17) is 4.52 Å². The lowest BCUT2D eigenvalue weighted by atomic mass is 10.1. The summed E-state index contributed by atoms with van der Waals surface area (Å²) in [5, 5.41) is 15.3. The van der Waals surface area contributed by atoms with Crippen LogP contribution in [0.5, 0.6) is 0 Å². The minimum absolute atomic E-state index is 0.0888. The van der Waals surface area contributed by atoms with Crippen molar-refractivity contribution in [1.82, 2.24) is 25.4 Å². The predicted molar refractivity (Wildman–Crippen MR) is 118 cm³/mol. The fourth-order valence-electron chi connectivity index (χ4n) is 3.98. The maximum atomic E-state index is 13.2. The summed E-state index contributed by atoms with van der Waals surface area (Å²) >= 11 is 0. The summed E-state index contributed by atoms with van der Waals surface area (Å²) in [7, 11) is -3.81. The summed E-state index contributed by atoms with van der Waals surface area (Å²) in [5.41, 5.74) is 0.596. The molecule has 3 heterocycles. The molecule has 1 aliphatic heterocycles. The number of aromatic nitrogens is 3. The van der Waals surface area contributed by atoms with Crippen molar-refractivity contribution in [2.24, 2.45) is 0 Å². The topological polar surface area (TPSA) is 113 Å². The molecule has 33 heavy (non-hydrogen) atoms. The van der Waals surface area contributed by atoms with Crippen LogP contribution in [0.4, 0.5) is 14.5 Å². The number of anilines is 1. The van der Waals surface area contributed by atoms with Crippen LogP contribution in [-0.4, -0.2) is 55.0 Å². The van der Waals surface area contributed by atoms with Crippen LogP contribution in [0.1, 0.15) is 38.8 Å². The number of sulfonamides is 1. The van der Waals surface area contributed by atoms with Gasteiger partial charge >= 0.3 is 0 Å². The van der Waals surface area contributed by atoms with Gasteiger partial charge in [-0.2, -0.15) is 0 Å². The largest absolute Gasteiger partial charge is 0.366 e. The quantitative estimate of drug-likeness (QED) is 0.556. The Kier molecular flexibility index (Phi) is 5.33. The van der Waals surface area contributed by atoms with Gasteiger partial charge in [0.2, 0.25) is 10.0 Å². The highest BCUT2D eigenvalue weighted by atomic mass is 32.2. The Hall–Kier alpha value is -2.70. The van der Waals surface area contributed by atoms with Gasteiger partial charge in [-0.25, -0.2) is 21.9 Å². The Morgan fingerprint density at radius 1 is 1.27 bits per heavy atom. The summed E-state index contributed by atoms with van der Waals surface area (Å²) in [5.74, 6) is 0. The zero-order valence-electron chi connectivity index (χ0n) is 18.2. The zero-order valence-corrected chi connectivity index (χ0v) is 19.0. The van der Waals surface area contributed by atoms with Crippen molar-refractivity contribution in [1.29, 1.82) is 0 Å². The van der Waals surface area contributed by atoms with E-state index in [2.05, 4.69) is 30.3 Å². The van der Waals surface area contributed by atoms with Gasteiger partial charge in [0, 0.05) is 31.2 Å². The van der Waals surface area contributed by atoms with Gasteiger partial charge in [0.15, 0.2) is 5.58 Å². The first-order chi connectivity index (χ1) is 15.7. The van der Waals surface area contributed by atoms with Crippen LogP contribution in [0, 0.1) is 0 Å². The molecular weight excluding hydrogens is 454 g/mol. The molecule has 0 bridgehead atoms. The van der Waals surface area contributed by atoms with Crippen molar-refractivity contribution >= 4 is 26.7 Å². The van der Waals surface area contributed by atoms with Crippen LogP contribution in [0.3, 0.4) is 0 Å². The van der Waals surface area contributed by atoms with Crippen molar-refractivity contribution in [3.05, 3.63) is 30.0 Å². The number of hydrogen-bond acceptors (Lipinski definition) is 8. The standard InChI is InChI=1S/C21H24F2N6O3S/c1-12-11-29(8-7-24-12)17-10-13(33(30,31)28-21(2)5-6-21)9-14-18(27-32-19(14)17)15-3-4-16(20(22)23)26-25-15/h3-4,9-10,12,20,24,28H,5-8,11H2,1-2H3/t12-/m1/s1. The molecule has 0 amide bonds. The number of hydrogen-bond donors (Lipinski definition) is 2. The van der Waals surface area contributed by atoms with Gasteiger partial charge in [-0.3, -0.25) is 0 Å². The number of piperazine rings is 1. The molecule has 3 aromatic rings. The Bertz CT molecular complexity index is 1290. The molecule has 0 unspecified atom stereocenters. The normalized spacial score (nSPS) is 20.5. The predicted octanol–water partition coefficient (Wildman–Crippen LogP) is 2.85. The van der Waals surface area contributed by atoms with E-state index in [0.717, 1.165) is 19.4 Å². The average Bonchev–Trinajstić information content (AvgIpc) is 3.33.